The molecule has 2 unspecified atom stereocenters. The molecule has 3 N–H and O–H groups in total. The maximum atomic E-state index is 5.88. The lowest BCUT2D eigenvalue weighted by Crippen LogP contribution is -2.45. The lowest BCUT2D eigenvalue weighted by molar-refractivity contribution is 0.179. The van der Waals surface area contributed by atoms with Gasteiger partial charge in [-0.3, -0.25) is 11.3 Å². The highest BCUT2D eigenvalue weighted by atomic mass is 16.5. The quantitative estimate of drug-likeness (QED) is 0.655. The molecule has 110 valence electrons. The molecule has 1 aliphatic heterocycles. The normalized spacial score (nSPS) is 18.6. The zero-order chi connectivity index (χ0) is 14.5. The number of aryl methyl sites for hydroxylation is 1. The Morgan fingerprint density at radius 1 is 1.10 bits per heavy atom. The Labute approximate surface area is 126 Å². The molecule has 1 heterocycles. The molecule has 0 spiro atoms. The molecule has 0 saturated carbocycles. The summed E-state index contributed by atoms with van der Waals surface area (Å²) in [7, 11) is 0. The van der Waals surface area contributed by atoms with Gasteiger partial charge in [-0.05, 0) is 36.5 Å². The Morgan fingerprint density at radius 3 is 2.67 bits per heavy atom. The van der Waals surface area contributed by atoms with Crippen LogP contribution in [0.15, 0.2) is 54.6 Å². The Morgan fingerprint density at radius 2 is 1.86 bits per heavy atom. The number of rotatable bonds is 5. The largest absolute Gasteiger partial charge is 0.493 e. The van der Waals surface area contributed by atoms with Gasteiger partial charge in [0.05, 0.1) is 6.61 Å². The molecule has 2 aromatic carbocycles. The first-order chi connectivity index (χ1) is 10.4. The van der Waals surface area contributed by atoms with Crippen molar-refractivity contribution in [2.75, 3.05) is 6.61 Å². The van der Waals surface area contributed by atoms with Crippen molar-refractivity contribution in [2.24, 2.45) is 11.8 Å². The number of hydrogen-bond acceptors (Lipinski definition) is 3. The molecule has 21 heavy (non-hydrogen) atoms. The van der Waals surface area contributed by atoms with E-state index in [-0.39, 0.29) is 6.04 Å². The van der Waals surface area contributed by atoms with E-state index < -0.39 is 0 Å². The summed E-state index contributed by atoms with van der Waals surface area (Å²) >= 11 is 0. The summed E-state index contributed by atoms with van der Waals surface area (Å²) in [5.74, 6) is 7.23. The summed E-state index contributed by atoms with van der Waals surface area (Å²) in [5, 5.41) is 0. The van der Waals surface area contributed by atoms with Crippen LogP contribution in [0.5, 0.6) is 5.75 Å². The van der Waals surface area contributed by atoms with Crippen molar-refractivity contribution in [1.29, 1.82) is 0 Å². The van der Waals surface area contributed by atoms with Crippen molar-refractivity contribution >= 4 is 0 Å². The molecule has 0 aromatic heterocycles. The fourth-order valence-corrected chi connectivity index (χ4v) is 3.03. The molecule has 3 heteroatoms. The van der Waals surface area contributed by atoms with Gasteiger partial charge in [0.2, 0.25) is 0 Å². The number of hydrogen-bond donors (Lipinski definition) is 2. The SMILES string of the molecule is NNC(CCc1ccccc1)C1COc2ccccc2C1. The smallest absolute Gasteiger partial charge is 0.122 e. The average Bonchev–Trinajstić information content (AvgIpc) is 2.56. The molecule has 0 saturated heterocycles. The molecule has 2 atom stereocenters. The van der Waals surface area contributed by atoms with Gasteiger partial charge in [0.25, 0.3) is 0 Å². The first-order valence-corrected chi connectivity index (χ1v) is 7.57. The van der Waals surface area contributed by atoms with Crippen molar-refractivity contribution in [3.05, 3.63) is 65.7 Å². The molecule has 1 aliphatic rings. The van der Waals surface area contributed by atoms with Crippen molar-refractivity contribution < 1.29 is 4.74 Å². The third-order valence-electron chi connectivity index (χ3n) is 4.28. The number of fused-ring (bicyclic) bond motifs is 1. The fourth-order valence-electron chi connectivity index (χ4n) is 3.03. The summed E-state index contributed by atoms with van der Waals surface area (Å²) in [6.07, 6.45) is 3.09. The van der Waals surface area contributed by atoms with Crippen molar-refractivity contribution in [2.45, 2.75) is 25.3 Å². The van der Waals surface area contributed by atoms with Gasteiger partial charge in [-0.25, -0.2) is 0 Å². The topological polar surface area (TPSA) is 47.3 Å². The van der Waals surface area contributed by atoms with E-state index in [9.17, 15) is 0 Å². The maximum Gasteiger partial charge on any atom is 0.122 e. The number of para-hydroxylation sites is 1. The van der Waals surface area contributed by atoms with Gasteiger partial charge in [0, 0.05) is 12.0 Å². The van der Waals surface area contributed by atoms with Crippen LogP contribution in [0.25, 0.3) is 0 Å². The number of ether oxygens (including phenoxy) is 1. The second-order valence-corrected chi connectivity index (χ2v) is 5.68. The molecule has 3 nitrogen and oxygen atoms in total. The predicted molar refractivity (Wildman–Crippen MR) is 85.0 cm³/mol. The summed E-state index contributed by atoms with van der Waals surface area (Å²) in [6.45, 7) is 0.737. The van der Waals surface area contributed by atoms with Crippen LogP contribution < -0.4 is 16.0 Å². The van der Waals surface area contributed by atoms with Crippen molar-refractivity contribution in [3.63, 3.8) is 0 Å². The molecular weight excluding hydrogens is 260 g/mol. The van der Waals surface area contributed by atoms with Gasteiger partial charge in [0.1, 0.15) is 5.75 Å². The highest BCUT2D eigenvalue weighted by Crippen LogP contribution is 2.29. The zero-order valence-corrected chi connectivity index (χ0v) is 12.2. The lowest BCUT2D eigenvalue weighted by Gasteiger charge is -2.31. The minimum absolute atomic E-state index is 0.276. The van der Waals surface area contributed by atoms with E-state index in [1.54, 1.807) is 0 Å². The third-order valence-corrected chi connectivity index (χ3v) is 4.28. The molecular formula is C18H22N2O. The number of nitrogens with two attached hydrogens (primary N) is 1. The summed E-state index contributed by atoms with van der Waals surface area (Å²) in [5.41, 5.74) is 5.64. The highest BCUT2D eigenvalue weighted by Gasteiger charge is 2.26. The van der Waals surface area contributed by atoms with Crippen LogP contribution in [0.3, 0.4) is 0 Å². The van der Waals surface area contributed by atoms with Gasteiger partial charge in [-0.1, -0.05) is 48.5 Å². The minimum Gasteiger partial charge on any atom is -0.493 e. The van der Waals surface area contributed by atoms with E-state index in [0.717, 1.165) is 31.6 Å². The van der Waals surface area contributed by atoms with Crippen LogP contribution in [0.4, 0.5) is 0 Å². The van der Waals surface area contributed by atoms with E-state index in [4.69, 9.17) is 10.6 Å². The van der Waals surface area contributed by atoms with Crippen molar-refractivity contribution in [1.82, 2.24) is 5.43 Å². The Kier molecular flexibility index (Phi) is 4.53. The van der Waals surface area contributed by atoms with Crippen LogP contribution in [0.1, 0.15) is 17.5 Å². The van der Waals surface area contributed by atoms with E-state index >= 15 is 0 Å². The monoisotopic (exact) mass is 282 g/mol. The van der Waals surface area contributed by atoms with Gasteiger partial charge in [-0.2, -0.15) is 0 Å². The Bertz CT molecular complexity index is 570. The molecule has 0 aliphatic carbocycles. The maximum absolute atomic E-state index is 5.88. The summed E-state index contributed by atoms with van der Waals surface area (Å²) in [6, 6.07) is 19.1. The minimum atomic E-state index is 0.276. The van der Waals surface area contributed by atoms with E-state index in [1.807, 2.05) is 18.2 Å². The molecule has 2 aromatic rings. The molecule has 0 bridgehead atoms. The first kappa shape index (κ1) is 14.1. The van der Waals surface area contributed by atoms with Crippen LogP contribution in [0.2, 0.25) is 0 Å². The van der Waals surface area contributed by atoms with Crippen LogP contribution >= 0.6 is 0 Å². The highest BCUT2D eigenvalue weighted by molar-refractivity contribution is 5.35. The summed E-state index contributed by atoms with van der Waals surface area (Å²) < 4.78 is 5.88. The van der Waals surface area contributed by atoms with Crippen LogP contribution in [-0.2, 0) is 12.8 Å². The number of hydrazine groups is 1. The van der Waals surface area contributed by atoms with Crippen LogP contribution in [-0.4, -0.2) is 12.6 Å². The van der Waals surface area contributed by atoms with Gasteiger partial charge < -0.3 is 4.74 Å². The van der Waals surface area contributed by atoms with E-state index in [2.05, 4.69) is 41.8 Å². The second-order valence-electron chi connectivity index (χ2n) is 5.68. The standard InChI is InChI=1S/C18H22N2O/c19-20-17(11-10-14-6-2-1-3-7-14)16-12-15-8-4-5-9-18(15)21-13-16/h1-9,16-17,20H,10-13,19H2. The van der Waals surface area contributed by atoms with E-state index in [0.29, 0.717) is 5.92 Å². The molecule has 0 radical (unpaired) electrons. The van der Waals surface area contributed by atoms with Gasteiger partial charge >= 0.3 is 0 Å². The van der Waals surface area contributed by atoms with E-state index in [1.165, 1.54) is 11.1 Å². The first-order valence-electron chi connectivity index (χ1n) is 7.57. The Hall–Kier alpha value is -1.84. The predicted octanol–water partition coefficient (Wildman–Crippen LogP) is 2.70. The van der Waals surface area contributed by atoms with Crippen LogP contribution in [0, 0.1) is 5.92 Å². The molecule has 3 rings (SSSR count). The molecule has 0 amide bonds. The summed E-state index contributed by atoms with van der Waals surface area (Å²) in [4.78, 5) is 0. The van der Waals surface area contributed by atoms with Gasteiger partial charge in [0.15, 0.2) is 0 Å². The fraction of sp³-hybridized carbons (Fsp3) is 0.333. The third kappa shape index (κ3) is 3.43. The molecule has 0 fully saturated rings. The number of nitrogens with one attached hydrogen (secondary N) is 1. The van der Waals surface area contributed by atoms with Crippen molar-refractivity contribution in [3.8, 4) is 5.75 Å². The Balaban J connectivity index is 1.62. The number of benzene rings is 2. The zero-order valence-electron chi connectivity index (χ0n) is 12.2. The lowest BCUT2D eigenvalue weighted by atomic mass is 9.87. The second kappa shape index (κ2) is 6.74. The average molecular weight is 282 g/mol. The van der Waals surface area contributed by atoms with Gasteiger partial charge in [-0.15, -0.1) is 0 Å².